The van der Waals surface area contributed by atoms with Crippen molar-refractivity contribution >= 4 is 40.8 Å². The number of hydrogen-bond donors (Lipinski definition) is 0. The van der Waals surface area contributed by atoms with E-state index in [1.807, 2.05) is 0 Å². The lowest BCUT2D eigenvalue weighted by Crippen LogP contribution is -2.15. The molecule has 0 saturated carbocycles. The average molecular weight is 511 g/mol. The van der Waals surface area contributed by atoms with E-state index in [2.05, 4.69) is 6.07 Å². The highest BCUT2D eigenvalue weighted by Crippen LogP contribution is 2.44. The molecule has 0 bridgehead atoms. The van der Waals surface area contributed by atoms with Crippen molar-refractivity contribution in [3.8, 4) is 40.1 Å². The lowest BCUT2D eigenvalue weighted by atomic mass is 10.1. The first-order valence-electron chi connectivity index (χ1n) is 10.5. The third-order valence-electron chi connectivity index (χ3n) is 4.31. The molecule has 1 radical (unpaired) electrons. The number of esters is 5. The molecule has 0 spiro atoms. The number of carbonyl (C=O) groups is 5. The predicted molar refractivity (Wildman–Crippen MR) is 123 cm³/mol. The first-order valence-corrected chi connectivity index (χ1v) is 10.5. The van der Waals surface area contributed by atoms with Crippen molar-refractivity contribution in [3.63, 3.8) is 0 Å². The number of hydrogen-bond acceptors (Lipinski definition) is 12. The van der Waals surface area contributed by atoms with E-state index in [1.54, 1.807) is 0 Å². The molecule has 0 amide bonds. The van der Waals surface area contributed by atoms with Gasteiger partial charge in [-0.3, -0.25) is 28.8 Å². The third kappa shape index (κ3) is 6.17. The molecule has 0 aliphatic rings. The molecule has 1 aromatic heterocycles. The molecule has 0 unspecified atom stereocenters. The van der Waals surface area contributed by atoms with E-state index >= 15 is 0 Å². The minimum atomic E-state index is -0.888. The largest absolute Gasteiger partial charge is 0.452 e. The van der Waals surface area contributed by atoms with Gasteiger partial charge in [-0.15, -0.1) is 0 Å². The first kappa shape index (κ1) is 26.6. The second-order valence-corrected chi connectivity index (χ2v) is 7.42. The SMILES string of the molecule is CC(=O)Oc1cc(-c2oc3c[c]cc(OC(C)=O)c3c(=O)c2OC(C)=O)cc(OC(C)=O)c1OC(C)=O. The number of benzene rings is 2. The highest BCUT2D eigenvalue weighted by Gasteiger charge is 2.26. The van der Waals surface area contributed by atoms with E-state index in [0.717, 1.165) is 46.8 Å². The summed E-state index contributed by atoms with van der Waals surface area (Å²) in [6.45, 7) is 5.38. The Morgan fingerprint density at radius 3 is 1.59 bits per heavy atom. The molecule has 0 saturated heterocycles. The lowest BCUT2D eigenvalue weighted by Gasteiger charge is -2.16. The molecule has 3 aromatic rings. The Hall–Kier alpha value is -5.00. The third-order valence-corrected chi connectivity index (χ3v) is 4.31. The number of ether oxygens (including phenoxy) is 5. The molecular formula is C25H19O12. The molecule has 2 aromatic carbocycles. The van der Waals surface area contributed by atoms with Crippen LogP contribution >= 0.6 is 0 Å². The van der Waals surface area contributed by atoms with Crippen LogP contribution in [0.25, 0.3) is 22.3 Å². The van der Waals surface area contributed by atoms with Crippen LogP contribution in [0.3, 0.4) is 0 Å². The zero-order valence-electron chi connectivity index (χ0n) is 20.2. The van der Waals surface area contributed by atoms with Crippen LogP contribution in [0.2, 0.25) is 0 Å². The second-order valence-electron chi connectivity index (χ2n) is 7.42. The molecule has 0 atom stereocenters. The van der Waals surface area contributed by atoms with Crippen LogP contribution in [0.5, 0.6) is 28.7 Å². The van der Waals surface area contributed by atoms with Gasteiger partial charge in [0.2, 0.25) is 16.9 Å². The summed E-state index contributed by atoms with van der Waals surface area (Å²) in [5.74, 6) is -6.35. The van der Waals surface area contributed by atoms with Crippen molar-refractivity contribution in [1.82, 2.24) is 0 Å². The molecule has 12 heteroatoms. The van der Waals surface area contributed by atoms with E-state index in [4.69, 9.17) is 28.1 Å². The van der Waals surface area contributed by atoms with Crippen LogP contribution in [0.4, 0.5) is 0 Å². The number of fused-ring (bicyclic) bond motifs is 1. The molecule has 0 aliphatic carbocycles. The molecule has 0 N–H and O–H groups in total. The van der Waals surface area contributed by atoms with E-state index in [9.17, 15) is 28.8 Å². The summed E-state index contributed by atoms with van der Waals surface area (Å²) in [5.41, 5.74) is -1.07. The minimum absolute atomic E-state index is 0.0726. The van der Waals surface area contributed by atoms with Crippen LogP contribution in [-0.4, -0.2) is 29.8 Å². The highest BCUT2D eigenvalue weighted by atomic mass is 16.6. The summed E-state index contributed by atoms with van der Waals surface area (Å²) in [6, 6.07) is 7.45. The van der Waals surface area contributed by atoms with Gasteiger partial charge in [-0.1, -0.05) is 0 Å². The Labute approximate surface area is 208 Å². The van der Waals surface area contributed by atoms with Crippen molar-refractivity contribution in [2.45, 2.75) is 34.6 Å². The summed E-state index contributed by atoms with van der Waals surface area (Å²) in [7, 11) is 0. The Balaban J connectivity index is 2.42. The number of rotatable bonds is 6. The maximum absolute atomic E-state index is 13.4. The molecular weight excluding hydrogens is 492 g/mol. The lowest BCUT2D eigenvalue weighted by molar-refractivity contribution is -0.135. The van der Waals surface area contributed by atoms with Crippen molar-refractivity contribution in [2.24, 2.45) is 0 Å². The molecule has 0 aliphatic heterocycles. The van der Waals surface area contributed by atoms with Crippen molar-refractivity contribution < 1.29 is 52.1 Å². The van der Waals surface area contributed by atoms with E-state index in [1.165, 1.54) is 12.1 Å². The quantitative estimate of drug-likeness (QED) is 0.352. The zero-order chi connectivity index (χ0) is 27.4. The average Bonchev–Trinajstić information content (AvgIpc) is 2.76. The number of carbonyl (C=O) groups excluding carboxylic acids is 5. The summed E-state index contributed by atoms with van der Waals surface area (Å²) >= 11 is 0. The van der Waals surface area contributed by atoms with Gasteiger partial charge in [0.15, 0.2) is 17.3 Å². The summed E-state index contributed by atoms with van der Waals surface area (Å²) in [4.78, 5) is 71.9. The van der Waals surface area contributed by atoms with Gasteiger partial charge in [0.25, 0.3) is 0 Å². The van der Waals surface area contributed by atoms with E-state index in [-0.39, 0.29) is 39.5 Å². The van der Waals surface area contributed by atoms with Crippen LogP contribution in [0, 0.1) is 6.07 Å². The molecule has 1 heterocycles. The van der Waals surface area contributed by atoms with Gasteiger partial charge in [-0.05, 0) is 30.3 Å². The molecule has 37 heavy (non-hydrogen) atoms. The normalized spacial score (nSPS) is 10.4. The van der Waals surface area contributed by atoms with Gasteiger partial charge in [-0.25, -0.2) is 0 Å². The summed E-state index contributed by atoms with van der Waals surface area (Å²) in [6.07, 6.45) is 0. The molecule has 3 rings (SSSR count). The predicted octanol–water partition coefficient (Wildman–Crippen LogP) is 2.89. The summed E-state index contributed by atoms with van der Waals surface area (Å²) in [5, 5.41) is -0.217. The fraction of sp³-hybridized carbons (Fsp3) is 0.200. The van der Waals surface area contributed by atoms with E-state index < -0.39 is 46.8 Å². The molecule has 12 nitrogen and oxygen atoms in total. The molecule has 191 valence electrons. The van der Waals surface area contributed by atoms with Gasteiger partial charge in [-0.2, -0.15) is 0 Å². The smallest absolute Gasteiger partial charge is 0.308 e. The Bertz CT molecular complexity index is 1480. The van der Waals surface area contributed by atoms with Gasteiger partial charge < -0.3 is 28.1 Å². The zero-order valence-corrected chi connectivity index (χ0v) is 20.2. The van der Waals surface area contributed by atoms with Crippen molar-refractivity contribution in [3.05, 3.63) is 40.6 Å². The topological polar surface area (TPSA) is 162 Å². The second kappa shape index (κ2) is 10.7. The first-order chi connectivity index (χ1) is 17.4. The van der Waals surface area contributed by atoms with Crippen LogP contribution < -0.4 is 29.1 Å². The Morgan fingerprint density at radius 1 is 0.649 bits per heavy atom. The van der Waals surface area contributed by atoms with Crippen molar-refractivity contribution in [2.75, 3.05) is 0 Å². The monoisotopic (exact) mass is 511 g/mol. The maximum Gasteiger partial charge on any atom is 0.308 e. The van der Waals surface area contributed by atoms with Crippen LogP contribution in [0.1, 0.15) is 34.6 Å². The van der Waals surface area contributed by atoms with E-state index in [0.29, 0.717) is 0 Å². The van der Waals surface area contributed by atoms with Crippen LogP contribution in [0.15, 0.2) is 33.5 Å². The Kier molecular flexibility index (Phi) is 7.71. The van der Waals surface area contributed by atoms with Crippen LogP contribution in [-0.2, 0) is 24.0 Å². The van der Waals surface area contributed by atoms with Gasteiger partial charge in [0, 0.05) is 40.2 Å². The Morgan fingerprint density at radius 2 is 1.11 bits per heavy atom. The van der Waals surface area contributed by atoms with Gasteiger partial charge >= 0.3 is 29.8 Å². The van der Waals surface area contributed by atoms with Gasteiger partial charge in [0.1, 0.15) is 16.7 Å². The molecule has 0 fully saturated rings. The minimum Gasteiger partial charge on any atom is -0.452 e. The highest BCUT2D eigenvalue weighted by molar-refractivity contribution is 5.91. The fourth-order valence-corrected chi connectivity index (χ4v) is 3.21. The van der Waals surface area contributed by atoms with Crippen molar-refractivity contribution in [1.29, 1.82) is 0 Å². The maximum atomic E-state index is 13.4. The fourth-order valence-electron chi connectivity index (χ4n) is 3.21. The standard InChI is InChI=1S/C25H19O12/c1-11(26)32-17-7-6-8-18-21(17)22(31)25(36-15(5)30)23(37-18)16-9-19(33-12(2)27)24(35-14(4)29)20(10-16)34-13(3)28/h7-10H,1-5H3. The summed E-state index contributed by atoms with van der Waals surface area (Å²) < 4.78 is 31.4. The van der Waals surface area contributed by atoms with Gasteiger partial charge in [0.05, 0.1) is 0 Å².